The number of hydrogen-bond donors (Lipinski definition) is 0. The third-order valence-electron chi connectivity index (χ3n) is 4.27. The molecule has 0 saturated heterocycles. The predicted octanol–water partition coefficient (Wildman–Crippen LogP) is 3.31. The summed E-state index contributed by atoms with van der Waals surface area (Å²) in [5.74, 6) is 0.903. The van der Waals surface area contributed by atoms with Gasteiger partial charge in [-0.1, -0.05) is 27.2 Å². The van der Waals surface area contributed by atoms with Crippen molar-refractivity contribution in [1.29, 1.82) is 0 Å². The summed E-state index contributed by atoms with van der Waals surface area (Å²) >= 11 is 0. The van der Waals surface area contributed by atoms with Crippen molar-refractivity contribution in [3.63, 3.8) is 0 Å². The molecule has 19 heavy (non-hydrogen) atoms. The first kappa shape index (κ1) is 14.1. The zero-order valence-corrected chi connectivity index (χ0v) is 12.4. The second-order valence-electron chi connectivity index (χ2n) is 6.08. The molecule has 0 spiro atoms. The normalized spacial score (nSPS) is 21.6. The van der Waals surface area contributed by atoms with Gasteiger partial charge in [0.2, 0.25) is 0 Å². The number of rotatable bonds is 5. The zero-order valence-electron chi connectivity index (χ0n) is 12.4. The van der Waals surface area contributed by atoms with Gasteiger partial charge in [-0.15, -0.1) is 0 Å². The van der Waals surface area contributed by atoms with Crippen LogP contribution in [0.15, 0.2) is 6.20 Å². The maximum absolute atomic E-state index is 12.9. The molecule has 106 valence electrons. The minimum absolute atomic E-state index is 0.0867. The number of ketones is 1. The lowest BCUT2D eigenvalue weighted by Gasteiger charge is -2.26. The molecule has 2 rings (SSSR count). The molecule has 0 amide bonds. The Hall–Kier alpha value is -1.32. The Morgan fingerprint density at radius 1 is 1.58 bits per heavy atom. The van der Waals surface area contributed by atoms with Crippen LogP contribution in [0.25, 0.3) is 0 Å². The highest BCUT2D eigenvalue weighted by Gasteiger charge is 2.41. The molecule has 1 aliphatic carbocycles. The van der Waals surface area contributed by atoms with Gasteiger partial charge >= 0.3 is 0 Å². The molecule has 1 aliphatic rings. The van der Waals surface area contributed by atoms with Crippen LogP contribution in [0.4, 0.5) is 0 Å². The Balaban J connectivity index is 2.34. The van der Waals surface area contributed by atoms with Gasteiger partial charge in [-0.3, -0.25) is 9.48 Å². The third kappa shape index (κ3) is 2.53. The van der Waals surface area contributed by atoms with Crippen LogP contribution in [0.2, 0.25) is 0 Å². The molecule has 1 heterocycles. The van der Waals surface area contributed by atoms with Gasteiger partial charge in [-0.05, 0) is 24.7 Å². The van der Waals surface area contributed by atoms with E-state index in [1.165, 1.54) is 0 Å². The van der Waals surface area contributed by atoms with Crippen LogP contribution in [-0.2, 0) is 6.54 Å². The molecule has 0 N–H and O–H groups in total. The van der Waals surface area contributed by atoms with Gasteiger partial charge in [-0.2, -0.15) is 5.10 Å². The molecule has 1 aromatic heterocycles. The Morgan fingerprint density at radius 2 is 2.32 bits per heavy atom. The van der Waals surface area contributed by atoms with Gasteiger partial charge in [-0.25, -0.2) is 0 Å². The highest BCUT2D eigenvalue weighted by Crippen LogP contribution is 2.44. The van der Waals surface area contributed by atoms with Gasteiger partial charge in [0.05, 0.1) is 13.3 Å². The van der Waals surface area contributed by atoms with E-state index >= 15 is 0 Å². The van der Waals surface area contributed by atoms with Crippen LogP contribution in [0, 0.1) is 11.3 Å². The monoisotopic (exact) mass is 264 g/mol. The number of aryl methyl sites for hydroxylation is 1. The average molecular weight is 264 g/mol. The van der Waals surface area contributed by atoms with Crippen molar-refractivity contribution in [2.24, 2.45) is 11.3 Å². The van der Waals surface area contributed by atoms with E-state index in [0.29, 0.717) is 11.4 Å². The lowest BCUT2D eigenvalue weighted by atomic mass is 9.78. The highest BCUT2D eigenvalue weighted by atomic mass is 16.5. The van der Waals surface area contributed by atoms with E-state index in [1.54, 1.807) is 18.0 Å². The minimum atomic E-state index is 0.0867. The number of aromatic nitrogens is 2. The summed E-state index contributed by atoms with van der Waals surface area (Å²) in [6.07, 6.45) is 5.84. The van der Waals surface area contributed by atoms with Crippen molar-refractivity contribution in [2.45, 2.75) is 53.0 Å². The quantitative estimate of drug-likeness (QED) is 0.766. The number of nitrogens with zero attached hydrogens (tertiary/aromatic N) is 2. The van der Waals surface area contributed by atoms with Gasteiger partial charge < -0.3 is 4.74 Å². The fourth-order valence-electron chi connectivity index (χ4n) is 3.13. The second kappa shape index (κ2) is 5.35. The Kier molecular flexibility index (Phi) is 3.97. The zero-order chi connectivity index (χ0) is 14.0. The molecule has 0 aliphatic heterocycles. The third-order valence-corrected chi connectivity index (χ3v) is 4.27. The first-order valence-corrected chi connectivity index (χ1v) is 7.15. The largest absolute Gasteiger partial charge is 0.493 e. The van der Waals surface area contributed by atoms with Gasteiger partial charge in [0.1, 0.15) is 5.69 Å². The fraction of sp³-hybridized carbons (Fsp3) is 0.733. The molecule has 1 saturated carbocycles. The SMILES string of the molecule is CCCn1ncc(OC)c1C(=O)C1CCCC1(C)C. The van der Waals surface area contributed by atoms with E-state index in [2.05, 4.69) is 25.9 Å². The van der Waals surface area contributed by atoms with Crippen molar-refractivity contribution in [1.82, 2.24) is 9.78 Å². The maximum atomic E-state index is 12.9. The number of ether oxygens (including phenoxy) is 1. The molecular formula is C15H24N2O2. The minimum Gasteiger partial charge on any atom is -0.493 e. The van der Waals surface area contributed by atoms with Crippen molar-refractivity contribution in [2.75, 3.05) is 7.11 Å². The molecule has 1 atom stereocenters. The van der Waals surface area contributed by atoms with Crippen LogP contribution in [-0.4, -0.2) is 22.7 Å². The Morgan fingerprint density at radius 3 is 2.84 bits per heavy atom. The van der Waals surface area contributed by atoms with Crippen LogP contribution in [0.5, 0.6) is 5.75 Å². The summed E-state index contributed by atoms with van der Waals surface area (Å²) in [7, 11) is 1.60. The Bertz CT molecular complexity index is 463. The summed E-state index contributed by atoms with van der Waals surface area (Å²) < 4.78 is 7.12. The molecule has 4 nitrogen and oxygen atoms in total. The van der Waals surface area contributed by atoms with E-state index in [4.69, 9.17) is 4.74 Å². The van der Waals surface area contributed by atoms with Crippen molar-refractivity contribution >= 4 is 5.78 Å². The average Bonchev–Trinajstić information content (AvgIpc) is 2.92. The summed E-state index contributed by atoms with van der Waals surface area (Å²) in [5.41, 5.74) is 0.743. The van der Waals surface area contributed by atoms with Gasteiger partial charge in [0, 0.05) is 12.5 Å². The van der Waals surface area contributed by atoms with Gasteiger partial charge in [0.25, 0.3) is 0 Å². The van der Waals surface area contributed by atoms with Crippen LogP contribution in [0.1, 0.15) is 56.9 Å². The lowest BCUT2D eigenvalue weighted by Crippen LogP contribution is -2.28. The second-order valence-corrected chi connectivity index (χ2v) is 6.08. The first-order chi connectivity index (χ1) is 9.01. The first-order valence-electron chi connectivity index (χ1n) is 7.15. The Labute approximate surface area is 115 Å². The van der Waals surface area contributed by atoms with E-state index in [9.17, 15) is 4.79 Å². The number of Topliss-reactive ketones (excluding diaryl/α,β-unsaturated/α-hetero) is 1. The van der Waals surface area contributed by atoms with Crippen molar-refractivity contribution < 1.29 is 9.53 Å². The molecule has 0 bridgehead atoms. The van der Waals surface area contributed by atoms with E-state index < -0.39 is 0 Å². The van der Waals surface area contributed by atoms with Gasteiger partial charge in [0.15, 0.2) is 11.5 Å². The standard InChI is InChI=1S/C15H24N2O2/c1-5-9-17-13(12(19-4)10-16-17)14(18)11-7-6-8-15(11,2)3/h10-11H,5-9H2,1-4H3. The van der Waals surface area contributed by atoms with Crippen molar-refractivity contribution in [3.8, 4) is 5.75 Å². The predicted molar refractivity (Wildman–Crippen MR) is 74.5 cm³/mol. The summed E-state index contributed by atoms with van der Waals surface area (Å²) in [4.78, 5) is 12.9. The molecule has 1 fully saturated rings. The number of methoxy groups -OCH3 is 1. The van der Waals surface area contributed by atoms with E-state index in [1.807, 2.05) is 0 Å². The lowest BCUT2D eigenvalue weighted by molar-refractivity contribution is 0.0824. The highest BCUT2D eigenvalue weighted by molar-refractivity contribution is 5.99. The summed E-state index contributed by atoms with van der Waals surface area (Å²) in [6, 6.07) is 0. The molecule has 0 radical (unpaired) electrons. The van der Waals surface area contributed by atoms with Crippen LogP contribution in [0.3, 0.4) is 0 Å². The molecule has 1 aromatic rings. The molecular weight excluding hydrogens is 240 g/mol. The fourth-order valence-corrected chi connectivity index (χ4v) is 3.13. The molecule has 1 unspecified atom stereocenters. The smallest absolute Gasteiger partial charge is 0.188 e. The van der Waals surface area contributed by atoms with Crippen LogP contribution >= 0.6 is 0 Å². The van der Waals surface area contributed by atoms with Crippen LogP contribution < -0.4 is 4.74 Å². The van der Waals surface area contributed by atoms with Crippen molar-refractivity contribution in [3.05, 3.63) is 11.9 Å². The number of carbonyl (C=O) groups excluding carboxylic acids is 1. The van der Waals surface area contributed by atoms with E-state index in [-0.39, 0.29) is 17.1 Å². The molecule has 0 aromatic carbocycles. The maximum Gasteiger partial charge on any atom is 0.188 e. The summed E-state index contributed by atoms with van der Waals surface area (Å²) in [5, 5.41) is 4.29. The topological polar surface area (TPSA) is 44.1 Å². The molecule has 4 heteroatoms. The number of carbonyl (C=O) groups is 1. The summed E-state index contributed by atoms with van der Waals surface area (Å²) in [6.45, 7) is 7.23. The number of hydrogen-bond acceptors (Lipinski definition) is 3. The van der Waals surface area contributed by atoms with E-state index in [0.717, 1.165) is 32.2 Å².